The quantitative estimate of drug-likeness (QED) is 0.306. The summed E-state index contributed by atoms with van der Waals surface area (Å²) in [6, 6.07) is 15.4. The molecule has 0 amide bonds. The number of hydrogen-bond donors (Lipinski definition) is 1. The number of nitrogens with one attached hydrogen (secondary N) is 1. The number of benzene rings is 1. The minimum absolute atomic E-state index is 0.233. The van der Waals surface area contributed by atoms with Crippen LogP contribution in [0, 0.1) is 40.4 Å². The highest BCUT2D eigenvalue weighted by molar-refractivity contribution is 5.83. The Kier molecular flexibility index (Phi) is 9.58. The van der Waals surface area contributed by atoms with Crippen LogP contribution in [0.5, 0.6) is 0 Å². The Bertz CT molecular complexity index is 1470. The maximum Gasteiger partial charge on any atom is 0.406 e. The lowest BCUT2D eigenvalue weighted by Gasteiger charge is -2.31. The first-order valence-electron chi connectivity index (χ1n) is 14.0. The van der Waals surface area contributed by atoms with Crippen LogP contribution in [-0.4, -0.2) is 46.8 Å². The van der Waals surface area contributed by atoms with Crippen molar-refractivity contribution in [2.45, 2.75) is 64.1 Å². The molecule has 1 aromatic carbocycles. The summed E-state index contributed by atoms with van der Waals surface area (Å²) in [4.78, 5) is 6.68. The van der Waals surface area contributed by atoms with E-state index in [1.54, 1.807) is 38.2 Å². The fourth-order valence-corrected chi connectivity index (χ4v) is 5.21. The molecule has 3 heterocycles. The molecule has 1 aliphatic rings. The Morgan fingerprint density at radius 3 is 2.51 bits per heavy atom. The first-order valence-corrected chi connectivity index (χ1v) is 14.0. The zero-order valence-electron chi connectivity index (χ0n) is 23.6. The Balaban J connectivity index is 1.42. The van der Waals surface area contributed by atoms with Crippen LogP contribution < -0.4 is 5.32 Å². The highest BCUT2D eigenvalue weighted by atomic mass is 19.4. The van der Waals surface area contributed by atoms with Crippen molar-refractivity contribution in [1.82, 2.24) is 14.5 Å². The molecule has 0 atom stereocenters. The Morgan fingerprint density at radius 2 is 1.85 bits per heavy atom. The molecular formula is C32H35F3N6. The number of halogens is 3. The summed E-state index contributed by atoms with van der Waals surface area (Å²) in [7, 11) is 0. The van der Waals surface area contributed by atoms with Crippen molar-refractivity contribution in [1.29, 1.82) is 10.5 Å². The largest absolute Gasteiger partial charge is 0.406 e. The molecule has 0 aliphatic carbocycles. The molecule has 2 aromatic heterocycles. The van der Waals surface area contributed by atoms with Crippen molar-refractivity contribution in [3.8, 4) is 24.0 Å². The number of rotatable bonds is 9. The molecule has 1 aliphatic heterocycles. The summed E-state index contributed by atoms with van der Waals surface area (Å²) < 4.78 is 41.6. The first kappa shape index (κ1) is 30.0. The first-order chi connectivity index (χ1) is 19.6. The normalized spacial score (nSPS) is 14.7. The number of piperidine rings is 1. The van der Waals surface area contributed by atoms with E-state index < -0.39 is 18.1 Å². The van der Waals surface area contributed by atoms with Gasteiger partial charge in [-0.25, -0.2) is 0 Å². The van der Waals surface area contributed by atoms with Gasteiger partial charge in [0.2, 0.25) is 0 Å². The van der Waals surface area contributed by atoms with E-state index in [1.807, 2.05) is 18.2 Å². The molecule has 9 heteroatoms. The van der Waals surface area contributed by atoms with Gasteiger partial charge < -0.3 is 14.8 Å². The zero-order chi connectivity index (χ0) is 29.5. The summed E-state index contributed by atoms with van der Waals surface area (Å²) in [5.41, 5.74) is 2.64. The van der Waals surface area contributed by atoms with Crippen molar-refractivity contribution in [2.75, 3.05) is 31.5 Å². The van der Waals surface area contributed by atoms with E-state index in [2.05, 4.69) is 39.2 Å². The number of aromatic nitrogens is 2. The summed E-state index contributed by atoms with van der Waals surface area (Å²) >= 11 is 0. The standard InChI is InChI=1S/C32H35F3N6/c1-31(2,22-37)30-11-9-27(21-39-30)38-15-3-5-28-20-26-19-25(8-10-29(26)41(28)23-32(33,34)35)7-6-24-12-17-40(18-13-24)16-4-14-36/h8-11,19-21,24,38H,4,6-7,12-13,15-18,23H2,1-2H3. The summed E-state index contributed by atoms with van der Waals surface area (Å²) in [6.45, 7) is 5.59. The van der Waals surface area contributed by atoms with Crippen molar-refractivity contribution < 1.29 is 13.2 Å². The van der Waals surface area contributed by atoms with Crippen LogP contribution in [0.1, 0.15) is 56.5 Å². The molecule has 1 fully saturated rings. The summed E-state index contributed by atoms with van der Waals surface area (Å²) in [5.74, 6) is 6.49. The SMILES string of the molecule is CC(C)(C#N)c1ccc(NCC#Cc2cc3cc(CCC4CCN(CCC#N)CC4)ccc3n2CC(F)(F)F)cn1. The molecule has 0 saturated carbocycles. The Labute approximate surface area is 239 Å². The van der Waals surface area contributed by atoms with Crippen molar-refractivity contribution in [3.05, 3.63) is 59.5 Å². The van der Waals surface area contributed by atoms with Gasteiger partial charge >= 0.3 is 6.18 Å². The van der Waals surface area contributed by atoms with Gasteiger partial charge in [0, 0.05) is 23.9 Å². The molecule has 1 saturated heterocycles. The summed E-state index contributed by atoms with van der Waals surface area (Å²) in [6.07, 6.45) is 1.97. The number of pyridine rings is 1. The lowest BCUT2D eigenvalue weighted by atomic mass is 9.90. The predicted octanol–water partition coefficient (Wildman–Crippen LogP) is 6.42. The molecule has 0 radical (unpaired) electrons. The third-order valence-electron chi connectivity index (χ3n) is 7.67. The third-order valence-corrected chi connectivity index (χ3v) is 7.67. The van der Waals surface area contributed by atoms with Crippen molar-refractivity contribution >= 4 is 16.6 Å². The van der Waals surface area contributed by atoms with E-state index in [1.165, 1.54) is 4.57 Å². The fourth-order valence-electron chi connectivity index (χ4n) is 5.21. The second-order valence-corrected chi connectivity index (χ2v) is 11.2. The number of aryl methyl sites for hydroxylation is 1. The molecule has 3 aromatic rings. The van der Waals surface area contributed by atoms with Crippen molar-refractivity contribution in [3.63, 3.8) is 0 Å². The summed E-state index contributed by atoms with van der Waals surface area (Å²) in [5, 5.41) is 21.9. The molecule has 6 nitrogen and oxygen atoms in total. The van der Waals surface area contributed by atoms with Gasteiger partial charge in [-0.3, -0.25) is 4.98 Å². The maximum atomic E-state index is 13.5. The van der Waals surface area contributed by atoms with Crippen LogP contribution in [0.15, 0.2) is 42.6 Å². The zero-order valence-corrected chi connectivity index (χ0v) is 23.6. The van der Waals surface area contributed by atoms with Gasteiger partial charge in [-0.2, -0.15) is 23.7 Å². The number of anilines is 1. The lowest BCUT2D eigenvalue weighted by Crippen LogP contribution is -2.34. The smallest absolute Gasteiger partial charge is 0.373 e. The number of fused-ring (bicyclic) bond motifs is 1. The van der Waals surface area contributed by atoms with Crippen LogP contribution >= 0.6 is 0 Å². The van der Waals surface area contributed by atoms with Crippen LogP contribution in [-0.2, 0) is 18.4 Å². The molecular weight excluding hydrogens is 525 g/mol. The minimum Gasteiger partial charge on any atom is -0.373 e. The van der Waals surface area contributed by atoms with Gasteiger partial charge in [-0.15, -0.1) is 0 Å². The maximum absolute atomic E-state index is 13.5. The highest BCUT2D eigenvalue weighted by Crippen LogP contribution is 2.28. The van der Waals surface area contributed by atoms with Gasteiger partial charge in [0.05, 0.1) is 47.4 Å². The second kappa shape index (κ2) is 13.1. The highest BCUT2D eigenvalue weighted by Gasteiger charge is 2.29. The molecule has 0 bridgehead atoms. The monoisotopic (exact) mass is 560 g/mol. The van der Waals surface area contributed by atoms with Crippen LogP contribution in [0.2, 0.25) is 0 Å². The average Bonchev–Trinajstić information content (AvgIpc) is 3.28. The number of alkyl halides is 3. The molecule has 1 N–H and O–H groups in total. The number of likely N-dealkylation sites (tertiary alicyclic amines) is 1. The van der Waals surface area contributed by atoms with Crippen LogP contribution in [0.25, 0.3) is 10.9 Å². The second-order valence-electron chi connectivity index (χ2n) is 11.2. The topological polar surface area (TPSA) is 80.7 Å². The fraction of sp³-hybridized carbons (Fsp3) is 0.469. The molecule has 0 spiro atoms. The Hall–Kier alpha value is -4.00. The molecule has 4 rings (SSSR count). The minimum atomic E-state index is -4.37. The van der Waals surface area contributed by atoms with E-state index in [9.17, 15) is 18.4 Å². The van der Waals surface area contributed by atoms with Gasteiger partial charge in [0.15, 0.2) is 0 Å². The van der Waals surface area contributed by atoms with Crippen LogP contribution in [0.3, 0.4) is 0 Å². The van der Waals surface area contributed by atoms with E-state index in [-0.39, 0.29) is 6.54 Å². The average molecular weight is 561 g/mol. The van der Waals surface area contributed by atoms with E-state index in [0.29, 0.717) is 34.9 Å². The van der Waals surface area contributed by atoms with E-state index in [0.717, 1.165) is 56.3 Å². The number of hydrogen-bond acceptors (Lipinski definition) is 5. The van der Waals surface area contributed by atoms with Gasteiger partial charge in [0.25, 0.3) is 0 Å². The lowest BCUT2D eigenvalue weighted by molar-refractivity contribution is -0.140. The molecule has 214 valence electrons. The van der Waals surface area contributed by atoms with Gasteiger partial charge in [0.1, 0.15) is 6.54 Å². The van der Waals surface area contributed by atoms with Gasteiger partial charge in [-0.05, 0) is 100 Å². The molecule has 41 heavy (non-hydrogen) atoms. The Morgan fingerprint density at radius 1 is 1.07 bits per heavy atom. The van der Waals surface area contributed by atoms with Crippen LogP contribution in [0.4, 0.5) is 18.9 Å². The number of nitrogens with zero attached hydrogens (tertiary/aromatic N) is 5. The van der Waals surface area contributed by atoms with E-state index in [4.69, 9.17) is 5.26 Å². The third kappa shape index (κ3) is 8.26. The van der Waals surface area contributed by atoms with E-state index >= 15 is 0 Å². The number of nitriles is 2. The van der Waals surface area contributed by atoms with Gasteiger partial charge in [-0.1, -0.05) is 12.0 Å². The van der Waals surface area contributed by atoms with Crippen molar-refractivity contribution in [2.24, 2.45) is 5.92 Å². The predicted molar refractivity (Wildman–Crippen MR) is 154 cm³/mol. The molecule has 0 unspecified atom stereocenters.